The highest BCUT2D eigenvalue weighted by molar-refractivity contribution is 6.31. The molecule has 4 aromatic rings. The summed E-state index contributed by atoms with van der Waals surface area (Å²) in [4.78, 5) is 20.5. The van der Waals surface area contributed by atoms with Crippen LogP contribution in [0.5, 0.6) is 5.75 Å². The lowest BCUT2D eigenvalue weighted by molar-refractivity contribution is 0.0973. The zero-order chi connectivity index (χ0) is 23.2. The van der Waals surface area contributed by atoms with Crippen LogP contribution < -0.4 is 15.4 Å². The molecule has 6 nitrogen and oxygen atoms in total. The fourth-order valence-electron chi connectivity index (χ4n) is 3.46. The number of aromatic amines is 1. The van der Waals surface area contributed by atoms with E-state index >= 15 is 0 Å². The molecule has 0 radical (unpaired) electrons. The smallest absolute Gasteiger partial charge is 0.260 e. The van der Waals surface area contributed by atoms with Gasteiger partial charge < -0.3 is 15.0 Å². The molecular formula is C25H22ClFN4O2. The molecule has 1 aromatic heterocycles. The Labute approximate surface area is 195 Å². The van der Waals surface area contributed by atoms with Crippen molar-refractivity contribution in [2.24, 2.45) is 4.99 Å². The summed E-state index contributed by atoms with van der Waals surface area (Å²) in [7, 11) is 1.53. The molecule has 1 amide bonds. The van der Waals surface area contributed by atoms with E-state index in [1.807, 2.05) is 30.5 Å². The minimum atomic E-state index is -0.618. The Bertz CT molecular complexity index is 1320. The average Bonchev–Trinajstić information content (AvgIpc) is 3.22. The average molecular weight is 465 g/mol. The third-order valence-corrected chi connectivity index (χ3v) is 5.33. The molecule has 0 aliphatic rings. The highest BCUT2D eigenvalue weighted by Crippen LogP contribution is 2.27. The van der Waals surface area contributed by atoms with E-state index in [1.165, 1.54) is 25.3 Å². The van der Waals surface area contributed by atoms with Crippen LogP contribution in [0, 0.1) is 5.82 Å². The van der Waals surface area contributed by atoms with Crippen molar-refractivity contribution in [1.82, 2.24) is 10.3 Å². The Morgan fingerprint density at radius 2 is 1.91 bits per heavy atom. The van der Waals surface area contributed by atoms with E-state index in [-0.39, 0.29) is 11.5 Å². The number of nitrogens with zero attached hydrogens (tertiary/aromatic N) is 1. The van der Waals surface area contributed by atoms with Crippen molar-refractivity contribution in [2.45, 2.75) is 6.42 Å². The number of rotatable bonds is 6. The first-order valence-electron chi connectivity index (χ1n) is 10.3. The number of guanidine groups is 1. The number of methoxy groups -OCH3 is 1. The summed E-state index contributed by atoms with van der Waals surface area (Å²) in [5, 5.41) is 7.32. The summed E-state index contributed by atoms with van der Waals surface area (Å²) in [5.41, 5.74) is 2.59. The standard InChI is InChI=1S/C25H22ClFN4O2/c1-33-23-11-10-17(26)14-22(23)30-25(31-24(32)19-7-2-4-8-20(19)27)28-13-12-16-15-29-21-9-5-3-6-18(16)21/h2-11,14-15,29H,12-13H2,1H3,(H2,28,30,31,32). The van der Waals surface area contributed by atoms with Crippen molar-refractivity contribution in [3.05, 3.63) is 94.9 Å². The number of carbonyl (C=O) groups is 1. The first-order valence-corrected chi connectivity index (χ1v) is 10.7. The number of anilines is 1. The monoisotopic (exact) mass is 464 g/mol. The summed E-state index contributed by atoms with van der Waals surface area (Å²) < 4.78 is 19.5. The van der Waals surface area contributed by atoms with Gasteiger partial charge in [-0.1, -0.05) is 41.9 Å². The van der Waals surface area contributed by atoms with Gasteiger partial charge >= 0.3 is 0 Å². The van der Waals surface area contributed by atoms with Crippen LogP contribution in [0.2, 0.25) is 5.02 Å². The molecule has 0 atom stereocenters. The second kappa shape index (κ2) is 10.2. The van der Waals surface area contributed by atoms with Crippen molar-refractivity contribution in [3.8, 4) is 5.75 Å². The van der Waals surface area contributed by atoms with Gasteiger partial charge in [0.1, 0.15) is 11.6 Å². The molecule has 33 heavy (non-hydrogen) atoms. The summed E-state index contributed by atoms with van der Waals surface area (Å²) >= 11 is 6.13. The van der Waals surface area contributed by atoms with Gasteiger partial charge in [0.25, 0.3) is 5.91 Å². The van der Waals surface area contributed by atoms with E-state index in [1.54, 1.807) is 24.3 Å². The number of nitrogens with one attached hydrogen (secondary N) is 3. The van der Waals surface area contributed by atoms with Crippen molar-refractivity contribution in [2.75, 3.05) is 19.0 Å². The van der Waals surface area contributed by atoms with Gasteiger partial charge in [-0.15, -0.1) is 0 Å². The molecule has 0 fully saturated rings. The van der Waals surface area contributed by atoms with E-state index in [2.05, 4.69) is 20.6 Å². The maximum Gasteiger partial charge on any atom is 0.260 e. The van der Waals surface area contributed by atoms with Crippen LogP contribution >= 0.6 is 11.6 Å². The van der Waals surface area contributed by atoms with Gasteiger partial charge in [0, 0.05) is 28.7 Å². The summed E-state index contributed by atoms with van der Waals surface area (Å²) in [5.74, 6) is -0.562. The number of aliphatic imine (C=N–C) groups is 1. The van der Waals surface area contributed by atoms with Crippen LogP contribution in [-0.2, 0) is 6.42 Å². The number of carbonyl (C=O) groups excluding carboxylic acids is 1. The van der Waals surface area contributed by atoms with Crippen LogP contribution in [0.4, 0.5) is 10.1 Å². The first-order chi connectivity index (χ1) is 16.0. The van der Waals surface area contributed by atoms with Gasteiger partial charge in [-0.25, -0.2) is 4.39 Å². The first kappa shape index (κ1) is 22.4. The predicted octanol–water partition coefficient (Wildman–Crippen LogP) is 5.41. The van der Waals surface area contributed by atoms with Crippen molar-refractivity contribution >= 4 is 40.1 Å². The van der Waals surface area contributed by atoms with Gasteiger partial charge in [-0.3, -0.25) is 15.1 Å². The van der Waals surface area contributed by atoms with Gasteiger partial charge in [0.15, 0.2) is 0 Å². The topological polar surface area (TPSA) is 78.5 Å². The van der Waals surface area contributed by atoms with Gasteiger partial charge in [-0.05, 0) is 48.4 Å². The number of fused-ring (bicyclic) bond motifs is 1. The van der Waals surface area contributed by atoms with Gasteiger partial charge in [0.2, 0.25) is 5.96 Å². The van der Waals surface area contributed by atoms with E-state index in [4.69, 9.17) is 16.3 Å². The quantitative estimate of drug-likeness (QED) is 0.264. The highest BCUT2D eigenvalue weighted by atomic mass is 35.5. The van der Waals surface area contributed by atoms with Crippen molar-refractivity contribution in [3.63, 3.8) is 0 Å². The van der Waals surface area contributed by atoms with Crippen LogP contribution in [0.3, 0.4) is 0 Å². The minimum Gasteiger partial charge on any atom is -0.495 e. The number of benzene rings is 3. The van der Waals surface area contributed by atoms with E-state index in [9.17, 15) is 9.18 Å². The molecule has 1 heterocycles. The number of aromatic nitrogens is 1. The normalized spacial score (nSPS) is 11.4. The number of para-hydroxylation sites is 1. The largest absolute Gasteiger partial charge is 0.495 e. The zero-order valence-electron chi connectivity index (χ0n) is 17.9. The molecule has 8 heteroatoms. The predicted molar refractivity (Wildman–Crippen MR) is 130 cm³/mol. The van der Waals surface area contributed by atoms with Gasteiger partial charge in [0.05, 0.1) is 18.4 Å². The van der Waals surface area contributed by atoms with E-state index in [0.29, 0.717) is 29.4 Å². The molecule has 0 saturated heterocycles. The Kier molecular flexibility index (Phi) is 6.90. The lowest BCUT2D eigenvalue weighted by Gasteiger charge is -2.15. The Hall–Kier alpha value is -3.84. The Balaban J connectivity index is 1.58. The van der Waals surface area contributed by atoms with E-state index < -0.39 is 11.7 Å². The van der Waals surface area contributed by atoms with Crippen LogP contribution in [0.1, 0.15) is 15.9 Å². The molecule has 0 aliphatic heterocycles. The number of H-pyrrole nitrogens is 1. The lowest BCUT2D eigenvalue weighted by Crippen LogP contribution is -2.36. The van der Waals surface area contributed by atoms with Crippen LogP contribution in [0.15, 0.2) is 77.9 Å². The summed E-state index contributed by atoms with van der Waals surface area (Å²) in [6, 6.07) is 18.8. The third kappa shape index (κ3) is 5.32. The molecule has 3 N–H and O–H groups in total. The molecule has 168 valence electrons. The number of hydrogen-bond donors (Lipinski definition) is 3. The maximum atomic E-state index is 14.1. The highest BCUT2D eigenvalue weighted by Gasteiger charge is 2.15. The molecule has 0 aliphatic carbocycles. The zero-order valence-corrected chi connectivity index (χ0v) is 18.6. The maximum absolute atomic E-state index is 14.1. The molecular weight excluding hydrogens is 443 g/mol. The molecule has 0 saturated carbocycles. The Morgan fingerprint density at radius 1 is 1.12 bits per heavy atom. The molecule has 0 spiro atoms. The van der Waals surface area contributed by atoms with Crippen molar-refractivity contribution < 1.29 is 13.9 Å². The fourth-order valence-corrected chi connectivity index (χ4v) is 3.63. The lowest BCUT2D eigenvalue weighted by atomic mass is 10.1. The molecule has 4 rings (SSSR count). The number of ether oxygens (including phenoxy) is 1. The number of amides is 1. The van der Waals surface area contributed by atoms with E-state index in [0.717, 1.165) is 16.5 Å². The minimum absolute atomic E-state index is 0.0818. The van der Waals surface area contributed by atoms with Gasteiger partial charge in [-0.2, -0.15) is 0 Å². The fraction of sp³-hybridized carbons (Fsp3) is 0.120. The van der Waals surface area contributed by atoms with Crippen molar-refractivity contribution in [1.29, 1.82) is 0 Å². The second-order valence-corrected chi connectivity index (χ2v) is 7.68. The third-order valence-electron chi connectivity index (χ3n) is 5.09. The summed E-state index contributed by atoms with van der Waals surface area (Å²) in [6.45, 7) is 0.380. The molecule has 0 unspecified atom stereocenters. The number of halogens is 2. The molecule has 3 aromatic carbocycles. The summed E-state index contributed by atoms with van der Waals surface area (Å²) in [6.07, 6.45) is 2.59. The number of hydrogen-bond acceptors (Lipinski definition) is 3. The Morgan fingerprint density at radius 3 is 2.73 bits per heavy atom. The van der Waals surface area contributed by atoms with Crippen LogP contribution in [0.25, 0.3) is 10.9 Å². The SMILES string of the molecule is COc1ccc(Cl)cc1NC(=NCCc1c[nH]c2ccccc12)NC(=O)c1ccccc1F. The second-order valence-electron chi connectivity index (χ2n) is 7.24. The molecule has 0 bridgehead atoms. The van der Waals surface area contributed by atoms with Crippen LogP contribution in [-0.4, -0.2) is 30.5 Å².